The summed E-state index contributed by atoms with van der Waals surface area (Å²) in [7, 11) is 0. The molecule has 0 amide bonds. The van der Waals surface area contributed by atoms with E-state index in [1.54, 1.807) is 0 Å². The van der Waals surface area contributed by atoms with Gasteiger partial charge in [-0.25, -0.2) is 9.97 Å². The predicted molar refractivity (Wildman–Crippen MR) is 85.6 cm³/mol. The van der Waals surface area contributed by atoms with Crippen LogP contribution < -0.4 is 10.2 Å². The molecule has 20 heavy (non-hydrogen) atoms. The van der Waals surface area contributed by atoms with Gasteiger partial charge in [0, 0.05) is 31.6 Å². The first-order valence-corrected chi connectivity index (χ1v) is 8.12. The minimum absolute atomic E-state index is 0.891. The molecule has 0 saturated carbocycles. The zero-order chi connectivity index (χ0) is 14.4. The van der Waals surface area contributed by atoms with Gasteiger partial charge >= 0.3 is 0 Å². The fraction of sp³-hybridized carbons (Fsp3) is 0.750. The van der Waals surface area contributed by atoms with Gasteiger partial charge in [0.2, 0.25) is 0 Å². The summed E-state index contributed by atoms with van der Waals surface area (Å²) >= 11 is 0. The molecule has 0 aromatic carbocycles. The number of rotatable bonds is 5. The molecular formula is C16H28N4. The average molecular weight is 276 g/mol. The largest absolute Gasteiger partial charge is 0.370 e. The molecule has 4 nitrogen and oxygen atoms in total. The van der Waals surface area contributed by atoms with Gasteiger partial charge in [-0.2, -0.15) is 0 Å². The second-order valence-electron chi connectivity index (χ2n) is 5.62. The van der Waals surface area contributed by atoms with Crippen molar-refractivity contribution in [2.24, 2.45) is 0 Å². The molecule has 1 aromatic heterocycles. The molecule has 2 heterocycles. The SMILES string of the molecule is CCCNc1nc(CC)nc(N2CCCCCC2)c1C. The quantitative estimate of drug-likeness (QED) is 0.893. The lowest BCUT2D eigenvalue weighted by Gasteiger charge is -2.25. The second kappa shape index (κ2) is 7.46. The van der Waals surface area contributed by atoms with Gasteiger partial charge in [-0.1, -0.05) is 26.7 Å². The van der Waals surface area contributed by atoms with Crippen LogP contribution in [0.25, 0.3) is 0 Å². The summed E-state index contributed by atoms with van der Waals surface area (Å²) in [6.07, 6.45) is 7.27. The highest BCUT2D eigenvalue weighted by Gasteiger charge is 2.17. The van der Waals surface area contributed by atoms with Gasteiger partial charge in [0.25, 0.3) is 0 Å². The Labute approximate surface area is 123 Å². The molecule has 0 unspecified atom stereocenters. The van der Waals surface area contributed by atoms with E-state index in [0.29, 0.717) is 0 Å². The summed E-state index contributed by atoms with van der Waals surface area (Å²) in [5.74, 6) is 3.13. The summed E-state index contributed by atoms with van der Waals surface area (Å²) in [5, 5.41) is 3.45. The third-order valence-corrected chi connectivity index (χ3v) is 3.93. The number of nitrogens with zero attached hydrogens (tertiary/aromatic N) is 3. The first-order chi connectivity index (χ1) is 9.76. The molecule has 0 aliphatic carbocycles. The summed E-state index contributed by atoms with van der Waals surface area (Å²) in [4.78, 5) is 11.9. The lowest BCUT2D eigenvalue weighted by molar-refractivity contribution is 0.726. The van der Waals surface area contributed by atoms with E-state index >= 15 is 0 Å². The second-order valence-corrected chi connectivity index (χ2v) is 5.62. The van der Waals surface area contributed by atoms with Crippen molar-refractivity contribution in [2.75, 3.05) is 29.9 Å². The van der Waals surface area contributed by atoms with Crippen LogP contribution in [0, 0.1) is 6.92 Å². The molecule has 0 spiro atoms. The van der Waals surface area contributed by atoms with Crippen LogP contribution >= 0.6 is 0 Å². The Morgan fingerprint density at radius 2 is 1.75 bits per heavy atom. The Morgan fingerprint density at radius 1 is 1.05 bits per heavy atom. The Balaban J connectivity index is 2.29. The van der Waals surface area contributed by atoms with E-state index in [-0.39, 0.29) is 0 Å². The third kappa shape index (κ3) is 3.62. The van der Waals surface area contributed by atoms with Crippen LogP contribution in [-0.4, -0.2) is 29.6 Å². The van der Waals surface area contributed by atoms with Crippen molar-refractivity contribution in [3.63, 3.8) is 0 Å². The standard InChI is InChI=1S/C16H28N4/c1-4-10-17-15-13(3)16(19-14(5-2)18-15)20-11-8-6-7-9-12-20/h4-12H2,1-3H3,(H,17,18,19). The van der Waals surface area contributed by atoms with Gasteiger partial charge in [0.1, 0.15) is 17.5 Å². The van der Waals surface area contributed by atoms with Crippen LogP contribution in [0.5, 0.6) is 0 Å². The predicted octanol–water partition coefficient (Wildman–Crippen LogP) is 3.55. The van der Waals surface area contributed by atoms with E-state index in [9.17, 15) is 0 Å². The summed E-state index contributed by atoms with van der Waals surface area (Å²) in [6, 6.07) is 0. The zero-order valence-electron chi connectivity index (χ0n) is 13.2. The monoisotopic (exact) mass is 276 g/mol. The molecule has 0 radical (unpaired) electrons. The molecule has 4 heteroatoms. The van der Waals surface area contributed by atoms with Crippen molar-refractivity contribution in [1.29, 1.82) is 0 Å². The topological polar surface area (TPSA) is 41.1 Å². The average Bonchev–Trinajstić information content (AvgIpc) is 2.75. The van der Waals surface area contributed by atoms with E-state index in [2.05, 4.69) is 36.0 Å². The van der Waals surface area contributed by atoms with Crippen LogP contribution in [0.3, 0.4) is 0 Å². The third-order valence-electron chi connectivity index (χ3n) is 3.93. The first kappa shape index (κ1) is 15.1. The zero-order valence-corrected chi connectivity index (χ0v) is 13.2. The van der Waals surface area contributed by atoms with E-state index in [4.69, 9.17) is 4.98 Å². The number of aromatic nitrogens is 2. The van der Waals surface area contributed by atoms with Crippen molar-refractivity contribution in [3.8, 4) is 0 Å². The maximum Gasteiger partial charge on any atom is 0.137 e. The molecule has 1 aliphatic rings. The molecule has 1 fully saturated rings. The maximum atomic E-state index is 4.80. The molecule has 1 N–H and O–H groups in total. The van der Waals surface area contributed by atoms with E-state index in [0.717, 1.165) is 49.9 Å². The number of anilines is 2. The van der Waals surface area contributed by atoms with Gasteiger partial charge in [-0.3, -0.25) is 0 Å². The summed E-state index contributed by atoms with van der Waals surface area (Å²) in [6.45, 7) is 9.70. The summed E-state index contributed by atoms with van der Waals surface area (Å²) < 4.78 is 0. The first-order valence-electron chi connectivity index (χ1n) is 8.12. The lowest BCUT2D eigenvalue weighted by atomic mass is 10.2. The van der Waals surface area contributed by atoms with Crippen molar-refractivity contribution < 1.29 is 0 Å². The molecule has 0 bridgehead atoms. The lowest BCUT2D eigenvalue weighted by Crippen LogP contribution is -2.27. The molecule has 2 rings (SSSR count). The molecular weight excluding hydrogens is 248 g/mol. The maximum absolute atomic E-state index is 4.80. The van der Waals surface area contributed by atoms with Crippen molar-refractivity contribution in [3.05, 3.63) is 11.4 Å². The molecule has 1 saturated heterocycles. The van der Waals surface area contributed by atoms with Crippen LogP contribution in [-0.2, 0) is 6.42 Å². The number of aryl methyl sites for hydroxylation is 1. The van der Waals surface area contributed by atoms with E-state index in [1.165, 1.54) is 31.2 Å². The Bertz CT molecular complexity index is 423. The normalized spacial score (nSPS) is 16.1. The van der Waals surface area contributed by atoms with Crippen molar-refractivity contribution in [2.45, 2.75) is 59.3 Å². The highest BCUT2D eigenvalue weighted by Crippen LogP contribution is 2.26. The van der Waals surface area contributed by atoms with E-state index in [1.807, 2.05) is 0 Å². The van der Waals surface area contributed by atoms with Crippen LogP contribution in [0.4, 0.5) is 11.6 Å². The van der Waals surface area contributed by atoms with Crippen molar-refractivity contribution in [1.82, 2.24) is 9.97 Å². The van der Waals surface area contributed by atoms with Crippen LogP contribution in [0.15, 0.2) is 0 Å². The molecule has 1 aromatic rings. The van der Waals surface area contributed by atoms with Crippen molar-refractivity contribution >= 4 is 11.6 Å². The van der Waals surface area contributed by atoms with Crippen LogP contribution in [0.1, 0.15) is 57.3 Å². The van der Waals surface area contributed by atoms with Gasteiger partial charge in [-0.15, -0.1) is 0 Å². The highest BCUT2D eigenvalue weighted by atomic mass is 15.2. The molecule has 1 aliphatic heterocycles. The Morgan fingerprint density at radius 3 is 2.35 bits per heavy atom. The fourth-order valence-corrected chi connectivity index (χ4v) is 2.71. The molecule has 112 valence electrons. The van der Waals surface area contributed by atoms with Gasteiger partial charge in [0.15, 0.2) is 0 Å². The van der Waals surface area contributed by atoms with E-state index < -0.39 is 0 Å². The fourth-order valence-electron chi connectivity index (χ4n) is 2.71. The van der Waals surface area contributed by atoms with Gasteiger partial charge < -0.3 is 10.2 Å². The minimum atomic E-state index is 0.891. The smallest absolute Gasteiger partial charge is 0.137 e. The van der Waals surface area contributed by atoms with Gasteiger partial charge in [-0.05, 0) is 26.2 Å². The highest BCUT2D eigenvalue weighted by molar-refractivity contribution is 5.58. The van der Waals surface area contributed by atoms with Gasteiger partial charge in [0.05, 0.1) is 0 Å². The van der Waals surface area contributed by atoms with Crippen LogP contribution in [0.2, 0.25) is 0 Å². The number of nitrogens with one attached hydrogen (secondary N) is 1. The number of hydrogen-bond donors (Lipinski definition) is 1. The molecule has 0 atom stereocenters. The minimum Gasteiger partial charge on any atom is -0.370 e. The summed E-state index contributed by atoms with van der Waals surface area (Å²) in [5.41, 5.74) is 1.21. The Hall–Kier alpha value is -1.32. The Kier molecular flexibility index (Phi) is 5.62. The number of hydrogen-bond acceptors (Lipinski definition) is 4.